The second kappa shape index (κ2) is 4.21. The van der Waals surface area contributed by atoms with E-state index in [2.05, 4.69) is 25.9 Å². The molecular formula is C8H5BrN2S2. The van der Waals surface area contributed by atoms with Crippen LogP contribution >= 0.6 is 39.0 Å². The summed E-state index contributed by atoms with van der Waals surface area (Å²) in [5, 5.41) is 1.97. The van der Waals surface area contributed by atoms with E-state index in [4.69, 9.17) is 0 Å². The minimum Gasteiger partial charge on any atom is -0.263 e. The molecule has 0 unspecified atom stereocenters. The van der Waals surface area contributed by atoms with Crippen LogP contribution in [0.25, 0.3) is 0 Å². The summed E-state index contributed by atoms with van der Waals surface area (Å²) < 4.78 is 2.06. The molecule has 2 aromatic heterocycles. The molecule has 0 spiro atoms. The summed E-state index contributed by atoms with van der Waals surface area (Å²) >= 11 is 6.71. The van der Waals surface area contributed by atoms with Crippen molar-refractivity contribution in [2.45, 2.75) is 9.24 Å². The van der Waals surface area contributed by atoms with Gasteiger partial charge in [0, 0.05) is 33.3 Å². The Morgan fingerprint density at radius 2 is 2.31 bits per heavy atom. The summed E-state index contributed by atoms with van der Waals surface area (Å²) in [6.07, 6.45) is 5.37. The Morgan fingerprint density at radius 3 is 3.00 bits per heavy atom. The predicted molar refractivity (Wildman–Crippen MR) is 58.2 cm³/mol. The Labute approximate surface area is 92.6 Å². The van der Waals surface area contributed by atoms with Crippen molar-refractivity contribution in [2.75, 3.05) is 0 Å². The van der Waals surface area contributed by atoms with E-state index in [1.54, 1.807) is 35.5 Å². The fraction of sp³-hybridized carbons (Fsp3) is 0. The van der Waals surface area contributed by atoms with Gasteiger partial charge in [0.15, 0.2) is 4.34 Å². The van der Waals surface area contributed by atoms with E-state index in [9.17, 15) is 0 Å². The van der Waals surface area contributed by atoms with Crippen molar-refractivity contribution in [2.24, 2.45) is 0 Å². The van der Waals surface area contributed by atoms with Gasteiger partial charge >= 0.3 is 0 Å². The topological polar surface area (TPSA) is 25.8 Å². The third-order valence-corrected chi connectivity index (χ3v) is 4.20. The second-order valence-electron chi connectivity index (χ2n) is 2.21. The van der Waals surface area contributed by atoms with Gasteiger partial charge in [0.25, 0.3) is 0 Å². The molecule has 0 aliphatic carbocycles. The van der Waals surface area contributed by atoms with Gasteiger partial charge in [-0.25, -0.2) is 4.98 Å². The smallest absolute Gasteiger partial charge is 0.154 e. The van der Waals surface area contributed by atoms with Gasteiger partial charge < -0.3 is 0 Å². The largest absolute Gasteiger partial charge is 0.263 e. The highest BCUT2D eigenvalue weighted by molar-refractivity contribution is 9.10. The number of rotatable bonds is 2. The fourth-order valence-electron chi connectivity index (χ4n) is 0.800. The molecule has 0 N–H and O–H groups in total. The minimum absolute atomic E-state index is 1.01. The van der Waals surface area contributed by atoms with Gasteiger partial charge in [-0.1, -0.05) is 11.8 Å². The Hall–Kier alpha value is -0.390. The maximum absolute atomic E-state index is 4.19. The zero-order chi connectivity index (χ0) is 9.10. The van der Waals surface area contributed by atoms with Crippen LogP contribution in [-0.2, 0) is 0 Å². The molecule has 2 aromatic rings. The number of nitrogens with zero attached hydrogens (tertiary/aromatic N) is 2. The first-order valence-electron chi connectivity index (χ1n) is 3.53. The zero-order valence-corrected chi connectivity index (χ0v) is 9.69. The number of aromatic nitrogens is 2. The van der Waals surface area contributed by atoms with Crippen LogP contribution in [0.4, 0.5) is 0 Å². The molecule has 0 saturated carbocycles. The van der Waals surface area contributed by atoms with Crippen molar-refractivity contribution in [3.8, 4) is 0 Å². The summed E-state index contributed by atoms with van der Waals surface area (Å²) in [7, 11) is 0. The van der Waals surface area contributed by atoms with Crippen molar-refractivity contribution in [3.63, 3.8) is 0 Å². The predicted octanol–water partition coefficient (Wildman–Crippen LogP) is 3.45. The van der Waals surface area contributed by atoms with Gasteiger partial charge in [-0.05, 0) is 22.0 Å². The van der Waals surface area contributed by atoms with Crippen LogP contribution in [0.15, 0.2) is 43.7 Å². The fourth-order valence-corrected chi connectivity index (χ4v) is 2.86. The lowest BCUT2D eigenvalue weighted by molar-refractivity contribution is 1.21. The third kappa shape index (κ3) is 2.30. The lowest BCUT2D eigenvalue weighted by Crippen LogP contribution is -1.76. The molecule has 2 nitrogen and oxygen atoms in total. The number of pyridine rings is 1. The molecule has 13 heavy (non-hydrogen) atoms. The van der Waals surface area contributed by atoms with Crippen molar-refractivity contribution in [3.05, 3.63) is 34.5 Å². The number of hydrogen-bond donors (Lipinski definition) is 0. The lowest BCUT2D eigenvalue weighted by atomic mass is 10.5. The van der Waals surface area contributed by atoms with Crippen molar-refractivity contribution in [1.29, 1.82) is 0 Å². The molecule has 0 bridgehead atoms. The summed E-state index contributed by atoms with van der Waals surface area (Å²) in [6.45, 7) is 0. The summed E-state index contributed by atoms with van der Waals surface area (Å²) in [5.74, 6) is 0. The highest BCUT2D eigenvalue weighted by atomic mass is 79.9. The Bertz CT molecular complexity index is 389. The molecule has 0 amide bonds. The molecule has 0 aliphatic heterocycles. The molecule has 66 valence electrons. The summed E-state index contributed by atoms with van der Waals surface area (Å²) in [6, 6.07) is 1.97. The maximum atomic E-state index is 4.19. The van der Waals surface area contributed by atoms with Gasteiger partial charge in [-0.3, -0.25) is 4.98 Å². The van der Waals surface area contributed by atoms with Crippen molar-refractivity contribution >= 4 is 39.0 Å². The van der Waals surface area contributed by atoms with Gasteiger partial charge in [-0.15, -0.1) is 11.3 Å². The molecule has 5 heteroatoms. The first-order chi connectivity index (χ1) is 6.36. The van der Waals surface area contributed by atoms with Crippen molar-refractivity contribution < 1.29 is 0 Å². The molecule has 0 saturated heterocycles. The van der Waals surface area contributed by atoms with Gasteiger partial charge in [0.2, 0.25) is 0 Å². The molecule has 0 fully saturated rings. The highest BCUT2D eigenvalue weighted by Crippen LogP contribution is 2.33. The first-order valence-corrected chi connectivity index (χ1v) is 6.02. The molecule has 2 heterocycles. The average molecular weight is 273 g/mol. The van der Waals surface area contributed by atoms with E-state index in [1.807, 2.05) is 17.6 Å². The monoisotopic (exact) mass is 272 g/mol. The quantitative estimate of drug-likeness (QED) is 0.838. The Morgan fingerprint density at radius 1 is 1.38 bits per heavy atom. The number of halogens is 1. The van der Waals surface area contributed by atoms with Crippen LogP contribution in [0, 0.1) is 0 Å². The van der Waals surface area contributed by atoms with E-state index in [-0.39, 0.29) is 0 Å². The maximum Gasteiger partial charge on any atom is 0.154 e. The van der Waals surface area contributed by atoms with E-state index >= 15 is 0 Å². The van der Waals surface area contributed by atoms with E-state index in [0.717, 1.165) is 13.7 Å². The highest BCUT2D eigenvalue weighted by Gasteiger charge is 2.02. The van der Waals surface area contributed by atoms with Crippen LogP contribution in [0.2, 0.25) is 0 Å². The number of hydrogen-bond acceptors (Lipinski definition) is 4. The van der Waals surface area contributed by atoms with Crippen LogP contribution in [0.3, 0.4) is 0 Å². The Kier molecular flexibility index (Phi) is 2.97. The van der Waals surface area contributed by atoms with E-state index < -0.39 is 0 Å². The van der Waals surface area contributed by atoms with Crippen LogP contribution < -0.4 is 0 Å². The summed E-state index contributed by atoms with van der Waals surface area (Å²) in [5.41, 5.74) is 0. The summed E-state index contributed by atoms with van der Waals surface area (Å²) in [4.78, 5) is 9.33. The van der Waals surface area contributed by atoms with E-state index in [1.165, 1.54) is 0 Å². The second-order valence-corrected chi connectivity index (χ2v) is 5.24. The molecule has 0 radical (unpaired) electrons. The lowest BCUT2D eigenvalue weighted by Gasteiger charge is -1.98. The average Bonchev–Trinajstić information content (AvgIpc) is 2.61. The molecular weight excluding hydrogens is 268 g/mol. The third-order valence-electron chi connectivity index (χ3n) is 1.34. The first kappa shape index (κ1) is 9.18. The normalized spacial score (nSPS) is 10.2. The molecule has 2 rings (SSSR count). The van der Waals surface area contributed by atoms with Crippen LogP contribution in [0.5, 0.6) is 0 Å². The van der Waals surface area contributed by atoms with Crippen molar-refractivity contribution in [1.82, 2.24) is 9.97 Å². The van der Waals surface area contributed by atoms with Gasteiger partial charge in [0.05, 0.1) is 0 Å². The zero-order valence-electron chi connectivity index (χ0n) is 6.48. The van der Waals surface area contributed by atoms with Gasteiger partial charge in [0.1, 0.15) is 0 Å². The van der Waals surface area contributed by atoms with E-state index in [0.29, 0.717) is 0 Å². The SMILES string of the molecule is Brc1cnccc1Sc1nccs1. The molecule has 0 aromatic carbocycles. The van der Waals surface area contributed by atoms with Crippen LogP contribution in [0.1, 0.15) is 0 Å². The van der Waals surface area contributed by atoms with Gasteiger partial charge in [-0.2, -0.15) is 0 Å². The molecule has 0 atom stereocenters. The standard InChI is InChI=1S/C8H5BrN2S2/c9-6-5-10-2-1-7(6)13-8-11-3-4-12-8/h1-5H. The number of thiazole rings is 1. The van der Waals surface area contributed by atoms with Crippen LogP contribution in [-0.4, -0.2) is 9.97 Å². The molecule has 0 aliphatic rings. The minimum atomic E-state index is 1.01. The Balaban J connectivity index is 2.24.